The quantitative estimate of drug-likeness (QED) is 0.480. The Hall–Kier alpha value is -1.30. The van der Waals surface area contributed by atoms with Crippen LogP contribution >= 0.6 is 0 Å². The van der Waals surface area contributed by atoms with Crippen LogP contribution in [-0.2, 0) is 14.3 Å². The highest BCUT2D eigenvalue weighted by molar-refractivity contribution is 5.81. The van der Waals surface area contributed by atoms with Gasteiger partial charge in [0.2, 0.25) is 0 Å². The van der Waals surface area contributed by atoms with Gasteiger partial charge in [-0.2, -0.15) is 0 Å². The smallest absolute Gasteiger partial charge is 0.407 e. The van der Waals surface area contributed by atoms with E-state index in [1.807, 2.05) is 6.92 Å². The normalized spacial score (nSPS) is 11.7. The number of amides is 1. The van der Waals surface area contributed by atoms with Crippen molar-refractivity contribution >= 4 is 12.1 Å². The molecule has 0 aromatic heterocycles. The third kappa shape index (κ3) is 7.89. The van der Waals surface area contributed by atoms with Gasteiger partial charge >= 0.3 is 12.1 Å². The molecule has 0 bridgehead atoms. The fourth-order valence-corrected chi connectivity index (χ4v) is 1.38. The van der Waals surface area contributed by atoms with Gasteiger partial charge in [0.05, 0.1) is 13.7 Å². The van der Waals surface area contributed by atoms with Crippen molar-refractivity contribution in [1.29, 1.82) is 0 Å². The Bertz CT molecular complexity index is 246. The second-order valence-electron chi connectivity index (χ2n) is 3.99. The maximum atomic E-state index is 11.4. The first-order valence-corrected chi connectivity index (χ1v) is 6.36. The summed E-state index contributed by atoms with van der Waals surface area (Å²) < 4.78 is 9.56. The molecule has 6 heteroatoms. The van der Waals surface area contributed by atoms with E-state index in [-0.39, 0.29) is 0 Å². The van der Waals surface area contributed by atoms with Crippen molar-refractivity contribution < 1.29 is 19.1 Å². The SMILES string of the molecule is CCCCOC(=O)N[C@H](CCCCN)C(=O)OC. The Labute approximate surface area is 108 Å². The van der Waals surface area contributed by atoms with Gasteiger partial charge in [-0.3, -0.25) is 0 Å². The molecule has 0 rings (SSSR count). The van der Waals surface area contributed by atoms with Crippen LogP contribution < -0.4 is 11.1 Å². The molecule has 0 saturated heterocycles. The molecule has 0 aliphatic carbocycles. The number of carbonyl (C=O) groups excluding carboxylic acids is 2. The zero-order valence-corrected chi connectivity index (χ0v) is 11.2. The number of esters is 1. The second kappa shape index (κ2) is 10.8. The Morgan fingerprint density at radius 1 is 1.28 bits per heavy atom. The van der Waals surface area contributed by atoms with Crippen molar-refractivity contribution in [2.75, 3.05) is 20.3 Å². The highest BCUT2D eigenvalue weighted by Crippen LogP contribution is 2.03. The predicted octanol–water partition coefficient (Wildman–Crippen LogP) is 1.18. The van der Waals surface area contributed by atoms with E-state index in [4.69, 9.17) is 10.5 Å². The van der Waals surface area contributed by atoms with Crippen LogP contribution in [0.4, 0.5) is 4.79 Å². The summed E-state index contributed by atoms with van der Waals surface area (Å²) in [6.45, 7) is 2.93. The summed E-state index contributed by atoms with van der Waals surface area (Å²) >= 11 is 0. The zero-order chi connectivity index (χ0) is 13.8. The molecule has 0 fully saturated rings. The van der Waals surface area contributed by atoms with E-state index in [1.54, 1.807) is 0 Å². The molecule has 1 amide bonds. The lowest BCUT2D eigenvalue weighted by molar-refractivity contribution is -0.143. The van der Waals surface area contributed by atoms with Gasteiger partial charge in [0, 0.05) is 0 Å². The Morgan fingerprint density at radius 2 is 2.00 bits per heavy atom. The van der Waals surface area contributed by atoms with Crippen molar-refractivity contribution in [3.63, 3.8) is 0 Å². The summed E-state index contributed by atoms with van der Waals surface area (Å²) in [6.07, 6.45) is 3.25. The van der Waals surface area contributed by atoms with Crippen LogP contribution in [0.1, 0.15) is 39.0 Å². The highest BCUT2D eigenvalue weighted by Gasteiger charge is 2.21. The number of ether oxygens (including phenoxy) is 2. The van der Waals surface area contributed by atoms with Gasteiger partial charge in [0.1, 0.15) is 6.04 Å². The number of methoxy groups -OCH3 is 1. The fraction of sp³-hybridized carbons (Fsp3) is 0.833. The number of carbonyl (C=O) groups is 2. The lowest BCUT2D eigenvalue weighted by atomic mass is 10.1. The Kier molecular flexibility index (Phi) is 10.0. The molecule has 0 radical (unpaired) electrons. The van der Waals surface area contributed by atoms with E-state index in [0.29, 0.717) is 19.6 Å². The molecule has 18 heavy (non-hydrogen) atoms. The van der Waals surface area contributed by atoms with Crippen LogP contribution in [0.15, 0.2) is 0 Å². The van der Waals surface area contributed by atoms with E-state index >= 15 is 0 Å². The maximum absolute atomic E-state index is 11.4. The average molecular weight is 260 g/mol. The number of rotatable bonds is 9. The highest BCUT2D eigenvalue weighted by atomic mass is 16.6. The van der Waals surface area contributed by atoms with Crippen LogP contribution in [0.5, 0.6) is 0 Å². The third-order valence-corrected chi connectivity index (χ3v) is 2.46. The number of hydrogen-bond acceptors (Lipinski definition) is 5. The van der Waals surface area contributed by atoms with Gasteiger partial charge in [-0.1, -0.05) is 13.3 Å². The largest absolute Gasteiger partial charge is 0.467 e. The molecule has 0 unspecified atom stereocenters. The van der Waals surface area contributed by atoms with E-state index in [2.05, 4.69) is 10.1 Å². The minimum Gasteiger partial charge on any atom is -0.467 e. The number of nitrogens with two attached hydrogens (primary N) is 1. The maximum Gasteiger partial charge on any atom is 0.407 e. The lowest BCUT2D eigenvalue weighted by Crippen LogP contribution is -2.41. The van der Waals surface area contributed by atoms with E-state index in [0.717, 1.165) is 25.7 Å². The van der Waals surface area contributed by atoms with E-state index < -0.39 is 18.1 Å². The van der Waals surface area contributed by atoms with Crippen LogP contribution in [0.25, 0.3) is 0 Å². The van der Waals surface area contributed by atoms with Crippen molar-refractivity contribution in [2.45, 2.75) is 45.1 Å². The lowest BCUT2D eigenvalue weighted by Gasteiger charge is -2.16. The molecule has 1 atom stereocenters. The minimum atomic E-state index is -0.657. The average Bonchev–Trinajstić information content (AvgIpc) is 2.37. The summed E-state index contributed by atoms with van der Waals surface area (Å²) in [4.78, 5) is 22.9. The number of hydrogen-bond donors (Lipinski definition) is 2. The molecular weight excluding hydrogens is 236 g/mol. The first kappa shape index (κ1) is 16.7. The monoisotopic (exact) mass is 260 g/mol. The summed E-state index contributed by atoms with van der Waals surface area (Å²) in [5, 5.41) is 2.51. The molecule has 0 aliphatic rings. The Balaban J connectivity index is 4.05. The molecule has 0 saturated carbocycles. The van der Waals surface area contributed by atoms with Crippen molar-refractivity contribution in [3.8, 4) is 0 Å². The first-order valence-electron chi connectivity index (χ1n) is 6.36. The van der Waals surface area contributed by atoms with E-state index in [9.17, 15) is 9.59 Å². The number of nitrogens with one attached hydrogen (secondary N) is 1. The number of alkyl carbamates (subject to hydrolysis) is 1. The van der Waals surface area contributed by atoms with Gasteiger partial charge in [-0.25, -0.2) is 9.59 Å². The minimum absolute atomic E-state index is 0.360. The van der Waals surface area contributed by atoms with Gasteiger partial charge < -0.3 is 20.5 Å². The van der Waals surface area contributed by atoms with Crippen LogP contribution in [-0.4, -0.2) is 38.4 Å². The third-order valence-electron chi connectivity index (χ3n) is 2.46. The number of unbranched alkanes of at least 4 members (excludes halogenated alkanes) is 2. The molecule has 3 N–H and O–H groups in total. The van der Waals surface area contributed by atoms with Crippen molar-refractivity contribution in [3.05, 3.63) is 0 Å². The van der Waals surface area contributed by atoms with Crippen LogP contribution in [0, 0.1) is 0 Å². The van der Waals surface area contributed by atoms with Gasteiger partial charge in [0.25, 0.3) is 0 Å². The van der Waals surface area contributed by atoms with Crippen molar-refractivity contribution in [1.82, 2.24) is 5.32 Å². The molecule has 0 aliphatic heterocycles. The summed E-state index contributed by atoms with van der Waals surface area (Å²) in [7, 11) is 1.29. The molecular formula is C12H24N2O4. The summed E-state index contributed by atoms with van der Waals surface area (Å²) in [5.41, 5.74) is 5.38. The van der Waals surface area contributed by atoms with E-state index in [1.165, 1.54) is 7.11 Å². The van der Waals surface area contributed by atoms with Crippen LogP contribution in [0.2, 0.25) is 0 Å². The molecule has 0 heterocycles. The molecule has 0 aromatic rings. The predicted molar refractivity (Wildman–Crippen MR) is 68.1 cm³/mol. The fourth-order valence-electron chi connectivity index (χ4n) is 1.38. The zero-order valence-electron chi connectivity index (χ0n) is 11.2. The Morgan fingerprint density at radius 3 is 2.56 bits per heavy atom. The summed E-state index contributed by atoms with van der Waals surface area (Å²) in [5.74, 6) is -0.459. The van der Waals surface area contributed by atoms with Crippen molar-refractivity contribution in [2.24, 2.45) is 5.73 Å². The summed E-state index contributed by atoms with van der Waals surface area (Å²) in [6, 6.07) is -0.657. The van der Waals surface area contributed by atoms with Gasteiger partial charge in [-0.05, 0) is 32.2 Å². The van der Waals surface area contributed by atoms with Crippen LogP contribution in [0.3, 0.4) is 0 Å². The molecule has 106 valence electrons. The van der Waals surface area contributed by atoms with Gasteiger partial charge in [-0.15, -0.1) is 0 Å². The van der Waals surface area contributed by atoms with Gasteiger partial charge in [0.15, 0.2) is 0 Å². The topological polar surface area (TPSA) is 90.6 Å². The second-order valence-corrected chi connectivity index (χ2v) is 3.99. The first-order chi connectivity index (χ1) is 8.65. The molecule has 6 nitrogen and oxygen atoms in total. The standard InChI is InChI=1S/C12H24N2O4/c1-3-4-9-18-12(16)14-10(11(15)17-2)7-5-6-8-13/h10H,3-9,13H2,1-2H3,(H,14,16)/t10-/m1/s1. The molecule has 0 aromatic carbocycles. The molecule has 0 spiro atoms.